The van der Waals surface area contributed by atoms with Crippen LogP contribution in [0, 0.1) is 13.8 Å². The van der Waals surface area contributed by atoms with Crippen molar-refractivity contribution in [2.45, 2.75) is 38.6 Å². The zero-order chi connectivity index (χ0) is 24.5. The van der Waals surface area contributed by atoms with Gasteiger partial charge in [0.2, 0.25) is 15.9 Å². The second kappa shape index (κ2) is 9.40. The smallest absolute Gasteiger partial charge is 0.258 e. The lowest BCUT2D eigenvalue weighted by Crippen LogP contribution is -2.29. The molecule has 3 aromatic rings. The van der Waals surface area contributed by atoms with Crippen LogP contribution in [0.5, 0.6) is 0 Å². The molecule has 8 heteroatoms. The van der Waals surface area contributed by atoms with E-state index in [1.54, 1.807) is 24.0 Å². The second-order valence-corrected chi connectivity index (χ2v) is 10.2. The lowest BCUT2D eigenvalue weighted by atomic mass is 10.1. The number of carbonyl (C=O) groups is 2. The van der Waals surface area contributed by atoms with Crippen LogP contribution in [0.1, 0.15) is 39.5 Å². The number of rotatable bonds is 6. The van der Waals surface area contributed by atoms with Gasteiger partial charge in [-0.15, -0.1) is 0 Å². The van der Waals surface area contributed by atoms with Gasteiger partial charge in [0.15, 0.2) is 0 Å². The Labute approximate surface area is 199 Å². The van der Waals surface area contributed by atoms with E-state index in [0.29, 0.717) is 12.1 Å². The summed E-state index contributed by atoms with van der Waals surface area (Å²) < 4.78 is 28.7. The zero-order valence-electron chi connectivity index (χ0n) is 19.4. The summed E-state index contributed by atoms with van der Waals surface area (Å²) >= 11 is 0. The fourth-order valence-electron chi connectivity index (χ4n) is 4.10. The molecule has 0 saturated heterocycles. The molecule has 0 unspecified atom stereocenters. The molecule has 2 N–H and O–H groups in total. The summed E-state index contributed by atoms with van der Waals surface area (Å²) in [4.78, 5) is 26.5. The number of hydrogen-bond acceptors (Lipinski definition) is 4. The third-order valence-electron chi connectivity index (χ3n) is 5.87. The van der Waals surface area contributed by atoms with Crippen LogP contribution in [0.3, 0.4) is 0 Å². The summed E-state index contributed by atoms with van der Waals surface area (Å²) in [6.45, 7) is 5.67. The highest BCUT2D eigenvalue weighted by Gasteiger charge is 2.27. The van der Waals surface area contributed by atoms with Gasteiger partial charge in [-0.2, -0.15) is 0 Å². The number of carbonyl (C=O) groups excluding carboxylic acids is 2. The summed E-state index contributed by atoms with van der Waals surface area (Å²) in [5.41, 5.74) is 5.16. The minimum atomic E-state index is -3.90. The molecule has 3 aromatic carbocycles. The SMILES string of the molecule is CC(=O)Nc1ccc(C)cc1S(=O)(=O)NCc1ccc2c(c1)N(C(=O)c1ccccc1C)CC2. The molecule has 0 saturated carbocycles. The predicted octanol–water partition coefficient (Wildman–Crippen LogP) is 3.94. The standard InChI is InChI=1S/C26H27N3O4S/c1-17-8-11-23(28-19(3)30)25(14-17)34(32,33)27-16-20-9-10-21-12-13-29(24(21)15-20)26(31)22-7-5-4-6-18(22)2/h4-11,14-15,27H,12-13,16H2,1-3H3,(H,28,30). The lowest BCUT2D eigenvalue weighted by molar-refractivity contribution is -0.114. The van der Waals surface area contributed by atoms with E-state index < -0.39 is 10.0 Å². The summed E-state index contributed by atoms with van der Waals surface area (Å²) in [5.74, 6) is -0.411. The Morgan fingerprint density at radius 3 is 2.50 bits per heavy atom. The van der Waals surface area contributed by atoms with Crippen molar-refractivity contribution >= 4 is 33.2 Å². The first-order valence-corrected chi connectivity index (χ1v) is 12.5. The number of amides is 2. The molecule has 0 aromatic heterocycles. The number of aryl methyl sites for hydroxylation is 2. The van der Waals surface area contributed by atoms with Crippen molar-refractivity contribution in [3.8, 4) is 0 Å². The van der Waals surface area contributed by atoms with Gasteiger partial charge < -0.3 is 10.2 Å². The Morgan fingerprint density at radius 2 is 1.76 bits per heavy atom. The molecule has 1 aliphatic heterocycles. The summed E-state index contributed by atoms with van der Waals surface area (Å²) in [5, 5.41) is 2.57. The van der Waals surface area contributed by atoms with Gasteiger partial charge >= 0.3 is 0 Å². The van der Waals surface area contributed by atoms with Crippen LogP contribution in [0.15, 0.2) is 65.6 Å². The fourth-order valence-corrected chi connectivity index (χ4v) is 5.37. The van der Waals surface area contributed by atoms with Gasteiger partial charge in [-0.3, -0.25) is 9.59 Å². The van der Waals surface area contributed by atoms with Crippen LogP contribution >= 0.6 is 0 Å². The maximum Gasteiger partial charge on any atom is 0.258 e. The average molecular weight is 478 g/mol. The van der Waals surface area contributed by atoms with E-state index >= 15 is 0 Å². The Morgan fingerprint density at radius 1 is 1.00 bits per heavy atom. The van der Waals surface area contributed by atoms with Gasteiger partial charge in [-0.1, -0.05) is 36.4 Å². The molecule has 0 fully saturated rings. The Bertz CT molecular complexity index is 1380. The average Bonchev–Trinajstić information content (AvgIpc) is 3.22. The minimum absolute atomic E-state index is 0.0141. The largest absolute Gasteiger partial charge is 0.325 e. The molecule has 0 radical (unpaired) electrons. The molecule has 4 rings (SSSR count). The number of nitrogens with one attached hydrogen (secondary N) is 2. The molecule has 1 heterocycles. The molecule has 176 valence electrons. The van der Waals surface area contributed by atoms with Crippen LogP contribution in [-0.2, 0) is 27.8 Å². The molecule has 7 nitrogen and oxygen atoms in total. The third-order valence-corrected chi connectivity index (χ3v) is 7.31. The first-order chi connectivity index (χ1) is 16.2. The van der Waals surface area contributed by atoms with Crippen LogP contribution < -0.4 is 14.9 Å². The van der Waals surface area contributed by atoms with Crippen molar-refractivity contribution in [2.24, 2.45) is 0 Å². The highest BCUT2D eigenvalue weighted by atomic mass is 32.2. The van der Waals surface area contributed by atoms with Crippen molar-refractivity contribution in [2.75, 3.05) is 16.8 Å². The van der Waals surface area contributed by atoms with Crippen LogP contribution in [0.2, 0.25) is 0 Å². The molecule has 34 heavy (non-hydrogen) atoms. The van der Waals surface area contributed by atoms with Crippen molar-refractivity contribution in [3.63, 3.8) is 0 Å². The van der Waals surface area contributed by atoms with E-state index in [0.717, 1.165) is 34.4 Å². The molecule has 0 spiro atoms. The van der Waals surface area contributed by atoms with Crippen LogP contribution in [0.25, 0.3) is 0 Å². The monoisotopic (exact) mass is 477 g/mol. The lowest BCUT2D eigenvalue weighted by Gasteiger charge is -2.19. The molecule has 0 atom stereocenters. The molecule has 2 amide bonds. The van der Waals surface area contributed by atoms with Crippen molar-refractivity contribution < 1.29 is 18.0 Å². The molecule has 0 bridgehead atoms. The first kappa shape index (κ1) is 23.7. The van der Waals surface area contributed by atoms with E-state index in [1.807, 2.05) is 49.4 Å². The van der Waals surface area contributed by atoms with E-state index in [-0.39, 0.29) is 28.9 Å². The summed E-state index contributed by atoms with van der Waals surface area (Å²) in [7, 11) is -3.90. The molecular formula is C26H27N3O4S. The quantitative estimate of drug-likeness (QED) is 0.562. The van der Waals surface area contributed by atoms with Crippen LogP contribution in [0.4, 0.5) is 11.4 Å². The Hall–Kier alpha value is -3.49. The number of nitrogens with zero attached hydrogens (tertiary/aromatic N) is 1. The van der Waals surface area contributed by atoms with Gasteiger partial charge in [0.25, 0.3) is 5.91 Å². The highest BCUT2D eigenvalue weighted by Crippen LogP contribution is 2.31. The van der Waals surface area contributed by atoms with E-state index in [2.05, 4.69) is 10.0 Å². The molecular weight excluding hydrogens is 450 g/mol. The fraction of sp³-hybridized carbons (Fsp3) is 0.231. The predicted molar refractivity (Wildman–Crippen MR) is 133 cm³/mol. The summed E-state index contributed by atoms with van der Waals surface area (Å²) in [6, 6.07) is 18.0. The maximum absolute atomic E-state index is 13.2. The number of sulfonamides is 1. The molecule has 0 aliphatic carbocycles. The van der Waals surface area contributed by atoms with Crippen LogP contribution in [-0.4, -0.2) is 26.8 Å². The highest BCUT2D eigenvalue weighted by molar-refractivity contribution is 7.89. The second-order valence-electron chi connectivity index (χ2n) is 8.49. The number of benzene rings is 3. The minimum Gasteiger partial charge on any atom is -0.325 e. The van der Waals surface area contributed by atoms with E-state index in [9.17, 15) is 18.0 Å². The Balaban J connectivity index is 1.56. The topological polar surface area (TPSA) is 95.6 Å². The van der Waals surface area contributed by atoms with E-state index in [4.69, 9.17) is 0 Å². The number of anilines is 2. The van der Waals surface area contributed by atoms with E-state index in [1.165, 1.54) is 13.0 Å². The number of fused-ring (bicyclic) bond motifs is 1. The Kier molecular flexibility index (Phi) is 6.54. The van der Waals surface area contributed by atoms with Gasteiger partial charge in [-0.05, 0) is 66.8 Å². The molecule has 1 aliphatic rings. The number of hydrogen-bond donors (Lipinski definition) is 2. The van der Waals surface area contributed by atoms with Crippen molar-refractivity contribution in [3.05, 3.63) is 88.5 Å². The first-order valence-electron chi connectivity index (χ1n) is 11.0. The van der Waals surface area contributed by atoms with Crippen molar-refractivity contribution in [1.82, 2.24) is 4.72 Å². The van der Waals surface area contributed by atoms with Gasteiger partial charge in [-0.25, -0.2) is 13.1 Å². The maximum atomic E-state index is 13.2. The van der Waals surface area contributed by atoms with Gasteiger partial charge in [0.05, 0.1) is 5.69 Å². The zero-order valence-corrected chi connectivity index (χ0v) is 20.2. The third kappa shape index (κ3) is 4.88. The summed E-state index contributed by atoms with van der Waals surface area (Å²) in [6.07, 6.45) is 0.752. The van der Waals surface area contributed by atoms with Gasteiger partial charge in [0.1, 0.15) is 4.90 Å². The normalized spacial score (nSPS) is 13.0. The van der Waals surface area contributed by atoms with Crippen molar-refractivity contribution in [1.29, 1.82) is 0 Å². The van der Waals surface area contributed by atoms with Gasteiger partial charge in [0, 0.05) is 31.3 Å².